The molecule has 0 aliphatic carbocycles. The molecule has 0 unspecified atom stereocenters. The molecule has 1 aromatic heterocycles. The predicted molar refractivity (Wildman–Crippen MR) is 83.9 cm³/mol. The van der Waals surface area contributed by atoms with Gasteiger partial charge in [-0.1, -0.05) is 12.1 Å². The lowest BCUT2D eigenvalue weighted by Gasteiger charge is -2.02. The van der Waals surface area contributed by atoms with Crippen molar-refractivity contribution in [3.63, 3.8) is 0 Å². The highest BCUT2D eigenvalue weighted by Crippen LogP contribution is 2.17. The number of aryl methyl sites for hydroxylation is 1. The number of ketones is 1. The van der Waals surface area contributed by atoms with Crippen molar-refractivity contribution in [2.24, 2.45) is 0 Å². The highest BCUT2D eigenvalue weighted by Gasteiger charge is 2.13. The largest absolute Gasteiger partial charge is 0.497 e. The lowest BCUT2D eigenvalue weighted by atomic mass is 10.0. The van der Waals surface area contributed by atoms with Crippen LogP contribution in [0.5, 0.6) is 5.75 Å². The maximum absolute atomic E-state index is 12.4. The number of hydrogen-bond donors (Lipinski definition) is 0. The summed E-state index contributed by atoms with van der Waals surface area (Å²) in [6.45, 7) is 0.571. The quantitative estimate of drug-likeness (QED) is 0.356. The third kappa shape index (κ3) is 3.74. The molecule has 112 valence electrons. The Kier molecular flexibility index (Phi) is 5.34. The number of alkyl halides is 1. The Bertz CT molecular complexity index is 744. The number of carbonyl (C=O) groups is 1. The summed E-state index contributed by atoms with van der Waals surface area (Å²) in [6, 6.07) is 8.63. The van der Waals surface area contributed by atoms with Gasteiger partial charge in [-0.05, 0) is 18.2 Å². The highest BCUT2D eigenvalue weighted by atomic mass is 35.5. The topological polar surface area (TPSA) is 67.9 Å². The molecular weight excluding hydrogens is 302 g/mol. The summed E-state index contributed by atoms with van der Waals surface area (Å²) in [6.07, 6.45) is 4.83. The number of rotatable bonds is 6. The number of carbonyl (C=O) groups excluding carboxylic acids is 1. The Morgan fingerprint density at radius 1 is 1.55 bits per heavy atom. The van der Waals surface area contributed by atoms with Gasteiger partial charge in [-0.3, -0.25) is 9.48 Å². The number of aromatic nitrogens is 2. The van der Waals surface area contributed by atoms with Crippen LogP contribution in [0.25, 0.3) is 6.08 Å². The Morgan fingerprint density at radius 3 is 3.05 bits per heavy atom. The Labute approximate surface area is 133 Å². The molecule has 0 radical (unpaired) electrons. The molecule has 0 spiro atoms. The summed E-state index contributed by atoms with van der Waals surface area (Å²) in [5.41, 5.74) is 1.12. The van der Waals surface area contributed by atoms with Crippen LogP contribution in [0.15, 0.2) is 42.2 Å². The second kappa shape index (κ2) is 7.43. The normalized spacial score (nSPS) is 11.0. The summed E-state index contributed by atoms with van der Waals surface area (Å²) < 4.78 is 6.74. The molecule has 0 saturated carbocycles. The summed E-state index contributed by atoms with van der Waals surface area (Å²) in [5, 5.41) is 13.3. The third-order valence-corrected chi connectivity index (χ3v) is 3.14. The number of hydrogen-bond acceptors (Lipinski definition) is 4. The van der Waals surface area contributed by atoms with E-state index in [4.69, 9.17) is 16.3 Å². The summed E-state index contributed by atoms with van der Waals surface area (Å²) in [7, 11) is 1.52. The van der Waals surface area contributed by atoms with Crippen LogP contribution in [0.1, 0.15) is 15.9 Å². The van der Waals surface area contributed by atoms with E-state index in [0.29, 0.717) is 29.3 Å². The van der Waals surface area contributed by atoms with Crippen LogP contribution in [-0.2, 0) is 6.54 Å². The van der Waals surface area contributed by atoms with Gasteiger partial charge in [-0.15, -0.1) is 11.6 Å². The number of methoxy groups -OCH3 is 1. The molecular formula is C16H14ClN3O2. The van der Waals surface area contributed by atoms with E-state index in [1.807, 2.05) is 6.07 Å². The number of benzene rings is 1. The first-order chi connectivity index (χ1) is 10.7. The van der Waals surface area contributed by atoms with Gasteiger partial charge in [0.1, 0.15) is 17.4 Å². The van der Waals surface area contributed by atoms with Crippen LogP contribution in [0.2, 0.25) is 0 Å². The smallest absolute Gasteiger partial charge is 0.203 e. The minimum atomic E-state index is -0.355. The standard InChI is InChI=1S/C16H14ClN3O2/c1-22-15-4-2-3-13(8-15)16(21)14(9-18)7-12-10-19-20(11-12)6-5-17/h2-4,7-8,10-11H,5-6H2,1H3/b14-7-. The minimum absolute atomic E-state index is 0.0404. The SMILES string of the molecule is COc1cccc(C(=O)/C(C#N)=C\c2cnn(CCCl)c2)c1. The van der Waals surface area contributed by atoms with Crippen molar-refractivity contribution < 1.29 is 9.53 Å². The fourth-order valence-electron chi connectivity index (χ4n) is 1.90. The van der Waals surface area contributed by atoms with E-state index in [0.717, 1.165) is 0 Å². The average molecular weight is 316 g/mol. The van der Waals surface area contributed by atoms with Gasteiger partial charge in [0.05, 0.1) is 19.9 Å². The zero-order valence-corrected chi connectivity index (χ0v) is 12.7. The Morgan fingerprint density at radius 2 is 2.36 bits per heavy atom. The zero-order chi connectivity index (χ0) is 15.9. The molecule has 0 aliphatic rings. The van der Waals surface area contributed by atoms with Gasteiger partial charge >= 0.3 is 0 Å². The molecule has 2 aromatic rings. The molecule has 0 amide bonds. The molecule has 0 bridgehead atoms. The minimum Gasteiger partial charge on any atom is -0.497 e. The van der Waals surface area contributed by atoms with Crippen LogP contribution in [0.3, 0.4) is 0 Å². The highest BCUT2D eigenvalue weighted by molar-refractivity contribution is 6.17. The van der Waals surface area contributed by atoms with Crippen molar-refractivity contribution in [1.82, 2.24) is 9.78 Å². The van der Waals surface area contributed by atoms with Gasteiger partial charge in [0, 0.05) is 23.2 Å². The van der Waals surface area contributed by atoms with Crippen molar-refractivity contribution in [3.05, 3.63) is 53.4 Å². The van der Waals surface area contributed by atoms with Crippen LogP contribution < -0.4 is 4.74 Å². The lowest BCUT2D eigenvalue weighted by Crippen LogP contribution is -2.02. The molecule has 22 heavy (non-hydrogen) atoms. The fraction of sp³-hybridized carbons (Fsp3) is 0.188. The molecule has 0 aliphatic heterocycles. The summed E-state index contributed by atoms with van der Waals surface area (Å²) in [4.78, 5) is 12.4. The molecule has 5 nitrogen and oxygen atoms in total. The van der Waals surface area contributed by atoms with E-state index < -0.39 is 0 Å². The van der Waals surface area contributed by atoms with Crippen molar-refractivity contribution in [3.8, 4) is 11.8 Å². The van der Waals surface area contributed by atoms with E-state index in [9.17, 15) is 10.1 Å². The van der Waals surface area contributed by atoms with Gasteiger partial charge in [-0.25, -0.2) is 0 Å². The van der Waals surface area contributed by atoms with E-state index in [-0.39, 0.29) is 11.4 Å². The van der Waals surface area contributed by atoms with Crippen molar-refractivity contribution in [2.45, 2.75) is 6.54 Å². The van der Waals surface area contributed by atoms with Gasteiger partial charge in [-0.2, -0.15) is 10.4 Å². The van der Waals surface area contributed by atoms with Crippen LogP contribution in [0, 0.1) is 11.3 Å². The van der Waals surface area contributed by atoms with Gasteiger partial charge in [0.15, 0.2) is 0 Å². The number of nitriles is 1. The van der Waals surface area contributed by atoms with Crippen LogP contribution >= 0.6 is 11.6 Å². The van der Waals surface area contributed by atoms with E-state index >= 15 is 0 Å². The summed E-state index contributed by atoms with van der Waals surface area (Å²) in [5.74, 6) is 0.656. The van der Waals surface area contributed by atoms with Crippen molar-refractivity contribution >= 4 is 23.5 Å². The first kappa shape index (κ1) is 15.8. The molecule has 0 fully saturated rings. The Balaban J connectivity index is 2.27. The lowest BCUT2D eigenvalue weighted by molar-refractivity contribution is 0.103. The van der Waals surface area contributed by atoms with Crippen molar-refractivity contribution in [1.29, 1.82) is 5.26 Å². The van der Waals surface area contributed by atoms with Gasteiger partial charge < -0.3 is 4.74 Å². The van der Waals surface area contributed by atoms with Crippen molar-refractivity contribution in [2.75, 3.05) is 13.0 Å². The first-order valence-corrected chi connectivity index (χ1v) is 7.10. The second-order valence-electron chi connectivity index (χ2n) is 4.46. The molecule has 2 rings (SSSR count). The molecule has 1 aromatic carbocycles. The second-order valence-corrected chi connectivity index (χ2v) is 4.83. The Hall–Kier alpha value is -2.58. The van der Waals surface area contributed by atoms with Crippen LogP contribution in [-0.4, -0.2) is 28.6 Å². The zero-order valence-electron chi connectivity index (χ0n) is 12.0. The molecule has 0 atom stereocenters. The monoisotopic (exact) mass is 315 g/mol. The number of Topliss-reactive ketones (excluding diaryl/α,β-unsaturated/α-hetero) is 1. The van der Waals surface area contributed by atoms with Gasteiger partial charge in [0.2, 0.25) is 5.78 Å². The molecule has 6 heteroatoms. The fourth-order valence-corrected chi connectivity index (χ4v) is 2.07. The number of allylic oxidation sites excluding steroid dienone is 1. The maximum atomic E-state index is 12.4. The molecule has 0 saturated heterocycles. The average Bonchev–Trinajstić information content (AvgIpc) is 2.99. The van der Waals surface area contributed by atoms with E-state index in [1.165, 1.54) is 13.2 Å². The third-order valence-electron chi connectivity index (χ3n) is 2.97. The number of halogens is 1. The number of ether oxygens (including phenoxy) is 1. The number of nitrogens with zero attached hydrogens (tertiary/aromatic N) is 3. The van der Waals surface area contributed by atoms with E-state index in [1.54, 1.807) is 41.3 Å². The summed E-state index contributed by atoms with van der Waals surface area (Å²) >= 11 is 5.64. The maximum Gasteiger partial charge on any atom is 0.203 e. The predicted octanol–water partition coefficient (Wildman–Crippen LogP) is 2.92. The van der Waals surface area contributed by atoms with Crippen LogP contribution in [0.4, 0.5) is 0 Å². The van der Waals surface area contributed by atoms with Gasteiger partial charge in [0.25, 0.3) is 0 Å². The first-order valence-electron chi connectivity index (χ1n) is 6.57. The molecule has 0 N–H and O–H groups in total. The molecule has 1 heterocycles. The van der Waals surface area contributed by atoms with E-state index in [2.05, 4.69) is 5.10 Å².